The molecule has 1 aliphatic heterocycles. The van der Waals surface area contributed by atoms with E-state index in [1.54, 1.807) is 0 Å². The Kier molecular flexibility index (Phi) is 5.99. The van der Waals surface area contributed by atoms with Crippen LogP contribution in [0.15, 0.2) is 24.3 Å². The summed E-state index contributed by atoms with van der Waals surface area (Å²) in [7, 11) is 0. The molecule has 0 amide bonds. The lowest BCUT2D eigenvalue weighted by molar-refractivity contribution is 0.0378. The summed E-state index contributed by atoms with van der Waals surface area (Å²) in [6, 6.07) is 7.76. The molecule has 1 aromatic carbocycles. The zero-order chi connectivity index (χ0) is 19.3. The van der Waals surface area contributed by atoms with Gasteiger partial charge in [-0.15, -0.1) is 10.2 Å². The van der Waals surface area contributed by atoms with Gasteiger partial charge in [0, 0.05) is 24.7 Å². The lowest BCUT2D eigenvalue weighted by Crippen LogP contribution is -2.37. The number of benzene rings is 1. The molecule has 1 N–H and O–H groups in total. The Hall–Kier alpha value is -2.29. The Balaban J connectivity index is 1.49. The highest BCUT2D eigenvalue weighted by Crippen LogP contribution is 2.23. The Morgan fingerprint density at radius 2 is 1.96 bits per heavy atom. The molecule has 4 rings (SSSR count). The van der Waals surface area contributed by atoms with E-state index in [0.717, 1.165) is 68.1 Å². The van der Waals surface area contributed by atoms with Gasteiger partial charge in [0.2, 0.25) is 0 Å². The Bertz CT molecular complexity index is 939. The number of morpholine rings is 1. The van der Waals surface area contributed by atoms with E-state index >= 15 is 0 Å². The monoisotopic (exact) mass is 401 g/mol. The summed E-state index contributed by atoms with van der Waals surface area (Å²) in [6.07, 6.45) is 1.02. The number of aryl methyl sites for hydroxylation is 1. The van der Waals surface area contributed by atoms with Gasteiger partial charge in [-0.2, -0.15) is 5.10 Å². The van der Waals surface area contributed by atoms with Crippen molar-refractivity contribution in [3.63, 3.8) is 0 Å². The molecule has 0 radical (unpaired) electrons. The second-order valence-electron chi connectivity index (χ2n) is 6.90. The minimum atomic E-state index is 0.532. The maximum Gasteiger partial charge on any atom is 0.176 e. The van der Waals surface area contributed by atoms with Crippen LogP contribution in [0.5, 0.6) is 0 Å². The Morgan fingerprint density at radius 3 is 2.79 bits per heavy atom. The average molecular weight is 402 g/mol. The number of hydrogen-bond donors (Lipinski definition) is 1. The molecule has 0 unspecified atom stereocenters. The Morgan fingerprint density at radius 1 is 1.14 bits per heavy atom. The fourth-order valence-corrected chi connectivity index (χ4v) is 3.56. The van der Waals surface area contributed by atoms with Crippen LogP contribution < -0.4 is 5.32 Å². The third-order valence-electron chi connectivity index (χ3n) is 4.93. The fraction of sp³-hybridized carbons (Fsp3) is 0.474. The van der Waals surface area contributed by atoms with Crippen LogP contribution in [-0.2, 0) is 11.3 Å². The summed E-state index contributed by atoms with van der Waals surface area (Å²) < 4.78 is 7.23. The van der Waals surface area contributed by atoms with Crippen LogP contribution in [0.4, 0.5) is 5.82 Å². The molecule has 3 heterocycles. The molecule has 0 atom stereocenters. The SMILES string of the molecule is Cc1nnc(NCCCN2CCOCC2)c2c1nnn2Cc1ccccc1Cl. The van der Waals surface area contributed by atoms with Crippen molar-refractivity contribution in [2.45, 2.75) is 19.9 Å². The molecular weight excluding hydrogens is 378 g/mol. The van der Waals surface area contributed by atoms with E-state index in [-0.39, 0.29) is 0 Å². The van der Waals surface area contributed by atoms with Crippen LogP contribution in [0.2, 0.25) is 5.02 Å². The van der Waals surface area contributed by atoms with Crippen molar-refractivity contribution in [1.29, 1.82) is 0 Å². The number of hydrogen-bond acceptors (Lipinski definition) is 7. The first-order chi connectivity index (χ1) is 13.7. The standard InChI is InChI=1S/C19H24ClN7O/c1-14-17-18(27(25-23-17)13-15-5-2-3-6-16(15)20)19(24-22-14)21-7-4-8-26-9-11-28-12-10-26/h2-3,5-6H,4,7-13H2,1H3,(H,21,24). The van der Waals surface area contributed by atoms with Crippen LogP contribution in [-0.4, -0.2) is 69.5 Å². The molecule has 148 valence electrons. The molecule has 1 fully saturated rings. The van der Waals surface area contributed by atoms with Gasteiger partial charge in [0.25, 0.3) is 0 Å². The molecule has 0 saturated carbocycles. The van der Waals surface area contributed by atoms with Crippen molar-refractivity contribution in [2.75, 3.05) is 44.7 Å². The Labute approximate surface area is 168 Å². The van der Waals surface area contributed by atoms with Gasteiger partial charge >= 0.3 is 0 Å². The molecule has 2 aromatic heterocycles. The number of aromatic nitrogens is 5. The first-order valence-corrected chi connectivity index (χ1v) is 9.94. The average Bonchev–Trinajstić information content (AvgIpc) is 3.14. The third-order valence-corrected chi connectivity index (χ3v) is 5.30. The number of rotatable bonds is 7. The van der Waals surface area contributed by atoms with Gasteiger partial charge in [-0.05, 0) is 31.5 Å². The van der Waals surface area contributed by atoms with Gasteiger partial charge < -0.3 is 10.1 Å². The van der Waals surface area contributed by atoms with Crippen molar-refractivity contribution < 1.29 is 4.74 Å². The molecule has 0 aliphatic carbocycles. The molecule has 1 aliphatic rings. The van der Waals surface area contributed by atoms with Gasteiger partial charge in [0.05, 0.1) is 25.5 Å². The minimum Gasteiger partial charge on any atom is -0.379 e. The van der Waals surface area contributed by atoms with Crippen LogP contribution in [0.3, 0.4) is 0 Å². The summed E-state index contributed by atoms with van der Waals surface area (Å²) in [4.78, 5) is 2.42. The number of anilines is 1. The number of nitrogens with one attached hydrogen (secondary N) is 1. The largest absolute Gasteiger partial charge is 0.379 e. The van der Waals surface area contributed by atoms with Gasteiger partial charge in [0.1, 0.15) is 11.0 Å². The molecule has 9 heteroatoms. The van der Waals surface area contributed by atoms with E-state index in [0.29, 0.717) is 17.4 Å². The number of fused-ring (bicyclic) bond motifs is 1. The molecule has 1 saturated heterocycles. The highest BCUT2D eigenvalue weighted by molar-refractivity contribution is 6.31. The minimum absolute atomic E-state index is 0.532. The predicted octanol–water partition coefficient (Wildman–Crippen LogP) is 2.37. The van der Waals surface area contributed by atoms with Gasteiger partial charge in [0.15, 0.2) is 5.82 Å². The van der Waals surface area contributed by atoms with Crippen molar-refractivity contribution in [3.05, 3.63) is 40.5 Å². The van der Waals surface area contributed by atoms with Crippen LogP contribution in [0.1, 0.15) is 17.7 Å². The second kappa shape index (κ2) is 8.81. The van der Waals surface area contributed by atoms with Gasteiger partial charge in [-0.25, -0.2) is 4.68 Å². The third kappa shape index (κ3) is 4.24. The molecule has 28 heavy (non-hydrogen) atoms. The van der Waals surface area contributed by atoms with Gasteiger partial charge in [-0.1, -0.05) is 35.0 Å². The van der Waals surface area contributed by atoms with E-state index in [9.17, 15) is 0 Å². The molecule has 8 nitrogen and oxygen atoms in total. The summed E-state index contributed by atoms with van der Waals surface area (Å²) >= 11 is 6.32. The topological polar surface area (TPSA) is 81.0 Å². The summed E-state index contributed by atoms with van der Waals surface area (Å²) in [6.45, 7) is 7.92. The number of nitrogens with zero attached hydrogens (tertiary/aromatic N) is 6. The fourth-order valence-electron chi connectivity index (χ4n) is 3.36. The number of ether oxygens (including phenoxy) is 1. The summed E-state index contributed by atoms with van der Waals surface area (Å²) in [5, 5.41) is 21.4. The first-order valence-electron chi connectivity index (χ1n) is 9.56. The van der Waals surface area contributed by atoms with Gasteiger partial charge in [-0.3, -0.25) is 4.90 Å². The number of halogens is 1. The van der Waals surface area contributed by atoms with Crippen molar-refractivity contribution >= 4 is 28.5 Å². The quantitative estimate of drug-likeness (QED) is 0.608. The van der Waals surface area contributed by atoms with Crippen molar-refractivity contribution in [1.82, 2.24) is 30.1 Å². The molecular formula is C19H24ClN7O. The van der Waals surface area contributed by atoms with Crippen LogP contribution in [0, 0.1) is 6.92 Å². The molecule has 0 spiro atoms. The van der Waals surface area contributed by atoms with Crippen LogP contribution >= 0.6 is 11.6 Å². The molecule has 3 aromatic rings. The van der Waals surface area contributed by atoms with E-state index < -0.39 is 0 Å². The zero-order valence-electron chi connectivity index (χ0n) is 15.9. The summed E-state index contributed by atoms with van der Waals surface area (Å²) in [5.41, 5.74) is 3.37. The van der Waals surface area contributed by atoms with Crippen molar-refractivity contribution in [2.24, 2.45) is 0 Å². The maximum atomic E-state index is 6.32. The predicted molar refractivity (Wildman–Crippen MR) is 109 cm³/mol. The molecule has 0 bridgehead atoms. The second-order valence-corrected chi connectivity index (χ2v) is 7.31. The smallest absolute Gasteiger partial charge is 0.176 e. The lowest BCUT2D eigenvalue weighted by atomic mass is 10.2. The normalized spacial score (nSPS) is 15.2. The van der Waals surface area contributed by atoms with E-state index in [1.165, 1.54) is 0 Å². The highest BCUT2D eigenvalue weighted by atomic mass is 35.5. The van der Waals surface area contributed by atoms with Crippen LogP contribution in [0.25, 0.3) is 11.0 Å². The zero-order valence-corrected chi connectivity index (χ0v) is 16.7. The van der Waals surface area contributed by atoms with Crippen molar-refractivity contribution in [3.8, 4) is 0 Å². The van der Waals surface area contributed by atoms with E-state index in [1.807, 2.05) is 35.9 Å². The highest BCUT2D eigenvalue weighted by Gasteiger charge is 2.16. The lowest BCUT2D eigenvalue weighted by Gasteiger charge is -2.26. The van der Waals surface area contributed by atoms with E-state index in [4.69, 9.17) is 16.3 Å². The van der Waals surface area contributed by atoms with E-state index in [2.05, 4.69) is 30.7 Å². The maximum absolute atomic E-state index is 6.32. The first kappa shape index (κ1) is 19.0. The summed E-state index contributed by atoms with van der Waals surface area (Å²) in [5.74, 6) is 0.708.